The molecule has 0 spiro atoms. The number of amidine groups is 1. The molecule has 1 heterocycles. The molecule has 0 amide bonds. The quantitative estimate of drug-likeness (QED) is 0.657. The smallest absolute Gasteiger partial charge is 0.337 e. The number of nitrogens with one attached hydrogen (secondary N) is 1. The van der Waals surface area contributed by atoms with Gasteiger partial charge >= 0.3 is 5.97 Å². The predicted molar refractivity (Wildman–Crippen MR) is 73.9 cm³/mol. The van der Waals surface area contributed by atoms with Gasteiger partial charge in [0.2, 0.25) is 0 Å². The van der Waals surface area contributed by atoms with Gasteiger partial charge < -0.3 is 10.1 Å². The van der Waals surface area contributed by atoms with E-state index < -0.39 is 0 Å². The normalized spacial score (nSPS) is 14.4. The number of rotatable bonds is 2. The van der Waals surface area contributed by atoms with Crippen molar-refractivity contribution in [3.8, 4) is 0 Å². The van der Waals surface area contributed by atoms with Crippen LogP contribution in [0.2, 0.25) is 0 Å². The van der Waals surface area contributed by atoms with E-state index in [1.165, 1.54) is 18.9 Å². The van der Waals surface area contributed by atoms with E-state index in [-0.39, 0.29) is 5.97 Å². The van der Waals surface area contributed by atoms with Crippen molar-refractivity contribution in [1.29, 1.82) is 0 Å². The second kappa shape index (κ2) is 5.29. The van der Waals surface area contributed by atoms with Crippen LogP contribution in [0.1, 0.15) is 10.4 Å². The van der Waals surface area contributed by atoms with Crippen molar-refractivity contribution in [3.63, 3.8) is 0 Å². The van der Waals surface area contributed by atoms with E-state index in [0.29, 0.717) is 9.88 Å². The molecule has 0 bridgehead atoms. The lowest BCUT2D eigenvalue weighted by Crippen LogP contribution is -2.11. The van der Waals surface area contributed by atoms with Crippen LogP contribution in [0.15, 0.2) is 29.3 Å². The largest absolute Gasteiger partial charge is 0.465 e. The SMILES string of the molecule is COC(=O)c1ccc(NC2=NC(=S)SC2)cc1. The summed E-state index contributed by atoms with van der Waals surface area (Å²) >= 11 is 6.48. The van der Waals surface area contributed by atoms with E-state index in [2.05, 4.69) is 15.0 Å². The molecule has 0 saturated heterocycles. The topological polar surface area (TPSA) is 50.7 Å². The zero-order chi connectivity index (χ0) is 12.3. The lowest BCUT2D eigenvalue weighted by molar-refractivity contribution is 0.0601. The van der Waals surface area contributed by atoms with E-state index in [0.717, 1.165) is 17.3 Å². The molecule has 1 aromatic carbocycles. The molecule has 0 atom stereocenters. The van der Waals surface area contributed by atoms with Crippen molar-refractivity contribution < 1.29 is 9.53 Å². The van der Waals surface area contributed by atoms with Crippen molar-refractivity contribution >= 4 is 45.8 Å². The second-order valence-corrected chi connectivity index (χ2v) is 4.92. The van der Waals surface area contributed by atoms with Gasteiger partial charge in [-0.15, -0.1) is 0 Å². The number of benzene rings is 1. The Kier molecular flexibility index (Phi) is 3.75. The zero-order valence-corrected chi connectivity index (χ0v) is 10.7. The van der Waals surface area contributed by atoms with Crippen LogP contribution in [0, 0.1) is 0 Å². The molecular formula is C11H10N2O2S2. The number of carbonyl (C=O) groups is 1. The Bertz CT molecular complexity index is 483. The molecule has 0 fully saturated rings. The average Bonchev–Trinajstić information content (AvgIpc) is 2.75. The van der Waals surface area contributed by atoms with Gasteiger partial charge in [0, 0.05) is 5.69 Å². The number of nitrogens with zero attached hydrogens (tertiary/aromatic N) is 1. The fraction of sp³-hybridized carbons (Fsp3) is 0.182. The van der Waals surface area contributed by atoms with Gasteiger partial charge in [-0.2, -0.15) is 0 Å². The van der Waals surface area contributed by atoms with E-state index >= 15 is 0 Å². The van der Waals surface area contributed by atoms with Gasteiger partial charge in [0.05, 0.1) is 18.4 Å². The number of hydrogen-bond donors (Lipinski definition) is 1. The van der Waals surface area contributed by atoms with Gasteiger partial charge in [-0.25, -0.2) is 9.79 Å². The number of aliphatic imine (C=N–C) groups is 1. The average molecular weight is 266 g/mol. The predicted octanol–water partition coefficient (Wildman–Crippen LogP) is 2.32. The molecular weight excluding hydrogens is 256 g/mol. The van der Waals surface area contributed by atoms with Crippen LogP contribution in [0.5, 0.6) is 0 Å². The number of carbonyl (C=O) groups excluding carboxylic acids is 1. The summed E-state index contributed by atoms with van der Waals surface area (Å²) in [5, 5.41) is 3.14. The van der Waals surface area contributed by atoms with Gasteiger partial charge in [-0.3, -0.25) is 0 Å². The summed E-state index contributed by atoms with van der Waals surface area (Å²) in [6.07, 6.45) is 0. The van der Waals surface area contributed by atoms with E-state index in [1.807, 2.05) is 0 Å². The van der Waals surface area contributed by atoms with Crippen LogP contribution in [-0.4, -0.2) is 29.0 Å². The molecule has 0 unspecified atom stereocenters. The van der Waals surface area contributed by atoms with E-state index in [1.54, 1.807) is 24.3 Å². The molecule has 0 aliphatic carbocycles. The number of thiocarbonyl (C=S) groups is 1. The maximum Gasteiger partial charge on any atom is 0.337 e. The molecule has 1 aliphatic rings. The van der Waals surface area contributed by atoms with Gasteiger partial charge in [0.15, 0.2) is 4.32 Å². The Morgan fingerprint density at radius 3 is 2.71 bits per heavy atom. The van der Waals surface area contributed by atoms with Gasteiger partial charge in [-0.1, -0.05) is 24.0 Å². The highest BCUT2D eigenvalue weighted by Crippen LogP contribution is 2.17. The Labute approximate surface area is 108 Å². The Morgan fingerprint density at radius 1 is 1.47 bits per heavy atom. The zero-order valence-electron chi connectivity index (χ0n) is 9.10. The van der Waals surface area contributed by atoms with Crippen LogP contribution in [0.4, 0.5) is 5.69 Å². The fourth-order valence-electron chi connectivity index (χ4n) is 1.34. The molecule has 0 radical (unpaired) electrons. The van der Waals surface area contributed by atoms with Gasteiger partial charge in [0.1, 0.15) is 5.84 Å². The Hall–Kier alpha value is -1.40. The number of methoxy groups -OCH3 is 1. The Balaban J connectivity index is 2.06. The minimum Gasteiger partial charge on any atom is -0.465 e. The molecule has 0 aromatic heterocycles. The summed E-state index contributed by atoms with van der Waals surface area (Å²) in [6.45, 7) is 0. The summed E-state index contributed by atoms with van der Waals surface area (Å²) in [5.74, 6) is 1.26. The van der Waals surface area contributed by atoms with Crippen LogP contribution in [0.25, 0.3) is 0 Å². The molecule has 6 heteroatoms. The van der Waals surface area contributed by atoms with Crippen LogP contribution < -0.4 is 5.32 Å². The second-order valence-electron chi connectivity index (χ2n) is 3.31. The number of esters is 1. The third-order valence-corrected chi connectivity index (χ3v) is 3.35. The first-order valence-corrected chi connectivity index (χ1v) is 6.28. The first kappa shape index (κ1) is 12.1. The monoisotopic (exact) mass is 266 g/mol. The third-order valence-electron chi connectivity index (χ3n) is 2.15. The van der Waals surface area contributed by atoms with Crippen molar-refractivity contribution in [3.05, 3.63) is 29.8 Å². The van der Waals surface area contributed by atoms with Crippen LogP contribution in [-0.2, 0) is 4.74 Å². The minimum absolute atomic E-state index is 0.341. The highest BCUT2D eigenvalue weighted by molar-refractivity contribution is 8.23. The first-order chi connectivity index (χ1) is 8.19. The third kappa shape index (κ3) is 3.04. The molecule has 1 aliphatic heterocycles. The van der Waals surface area contributed by atoms with Gasteiger partial charge in [-0.05, 0) is 24.3 Å². The molecule has 0 saturated carbocycles. The van der Waals surface area contributed by atoms with Crippen molar-refractivity contribution in [2.24, 2.45) is 4.99 Å². The summed E-state index contributed by atoms with van der Waals surface area (Å²) in [6, 6.07) is 7.02. The fourth-order valence-corrected chi connectivity index (χ4v) is 2.20. The molecule has 1 N–H and O–H groups in total. The van der Waals surface area contributed by atoms with Gasteiger partial charge in [0.25, 0.3) is 0 Å². The first-order valence-electron chi connectivity index (χ1n) is 4.89. The number of anilines is 1. The summed E-state index contributed by atoms with van der Waals surface area (Å²) in [7, 11) is 1.36. The van der Waals surface area contributed by atoms with Crippen LogP contribution >= 0.6 is 24.0 Å². The van der Waals surface area contributed by atoms with Crippen molar-refractivity contribution in [1.82, 2.24) is 0 Å². The molecule has 17 heavy (non-hydrogen) atoms. The van der Waals surface area contributed by atoms with Crippen molar-refractivity contribution in [2.45, 2.75) is 0 Å². The van der Waals surface area contributed by atoms with E-state index in [9.17, 15) is 4.79 Å². The maximum atomic E-state index is 11.2. The summed E-state index contributed by atoms with van der Waals surface area (Å²) in [4.78, 5) is 15.4. The molecule has 1 aromatic rings. The maximum absolute atomic E-state index is 11.2. The highest BCUT2D eigenvalue weighted by atomic mass is 32.2. The molecule has 4 nitrogen and oxygen atoms in total. The molecule has 88 valence electrons. The lowest BCUT2D eigenvalue weighted by Gasteiger charge is -2.05. The van der Waals surface area contributed by atoms with Crippen molar-refractivity contribution in [2.75, 3.05) is 18.2 Å². The number of thioether (sulfide) groups is 1. The Morgan fingerprint density at radius 2 is 2.18 bits per heavy atom. The summed E-state index contributed by atoms with van der Waals surface area (Å²) < 4.78 is 5.27. The minimum atomic E-state index is -0.341. The van der Waals surface area contributed by atoms with E-state index in [4.69, 9.17) is 12.2 Å². The molecule has 2 rings (SSSR count). The standard InChI is InChI=1S/C11H10N2O2S2/c1-15-10(14)7-2-4-8(5-3-7)12-9-6-17-11(16)13-9/h2-5H,6H2,1H3,(H,12,13,16). The summed E-state index contributed by atoms with van der Waals surface area (Å²) in [5.41, 5.74) is 1.40. The lowest BCUT2D eigenvalue weighted by atomic mass is 10.2. The number of hydrogen-bond acceptors (Lipinski definition) is 5. The number of ether oxygens (including phenoxy) is 1. The highest BCUT2D eigenvalue weighted by Gasteiger charge is 2.11. The van der Waals surface area contributed by atoms with Crippen LogP contribution in [0.3, 0.4) is 0 Å².